The molecule has 156 valence electrons. The number of rotatable bonds is 5. The SMILES string of the molecule is CS(=O)(=O)Nc1ccc(/C=C/C(=O)N2CCCC(c3nc4ccccc4[nH]3)C2)cc1. The smallest absolute Gasteiger partial charge is 0.246 e. The largest absolute Gasteiger partial charge is 0.342 e. The van der Waals surface area contributed by atoms with Gasteiger partial charge in [0.15, 0.2) is 0 Å². The first-order chi connectivity index (χ1) is 14.4. The van der Waals surface area contributed by atoms with Gasteiger partial charge in [-0.3, -0.25) is 9.52 Å². The maximum absolute atomic E-state index is 12.7. The summed E-state index contributed by atoms with van der Waals surface area (Å²) in [7, 11) is -3.30. The summed E-state index contributed by atoms with van der Waals surface area (Å²) in [6.45, 7) is 1.37. The molecular weight excluding hydrogens is 400 g/mol. The number of nitrogens with zero attached hydrogens (tertiary/aromatic N) is 2. The maximum Gasteiger partial charge on any atom is 0.246 e. The second-order valence-corrected chi connectivity index (χ2v) is 9.34. The third kappa shape index (κ3) is 4.88. The molecule has 0 radical (unpaired) electrons. The fourth-order valence-electron chi connectivity index (χ4n) is 3.72. The number of aromatic nitrogens is 2. The van der Waals surface area contributed by atoms with Gasteiger partial charge >= 0.3 is 0 Å². The highest BCUT2D eigenvalue weighted by molar-refractivity contribution is 7.92. The van der Waals surface area contributed by atoms with Gasteiger partial charge in [0.2, 0.25) is 15.9 Å². The van der Waals surface area contributed by atoms with Gasteiger partial charge in [0.25, 0.3) is 0 Å². The van der Waals surface area contributed by atoms with Gasteiger partial charge in [-0.15, -0.1) is 0 Å². The van der Waals surface area contributed by atoms with Crippen LogP contribution in [0.2, 0.25) is 0 Å². The third-order valence-electron chi connectivity index (χ3n) is 5.16. The molecule has 8 heteroatoms. The van der Waals surface area contributed by atoms with Crippen LogP contribution in [0.5, 0.6) is 0 Å². The Hall–Kier alpha value is -3.13. The van der Waals surface area contributed by atoms with Crippen LogP contribution in [0.4, 0.5) is 5.69 Å². The van der Waals surface area contributed by atoms with E-state index >= 15 is 0 Å². The monoisotopic (exact) mass is 424 g/mol. The van der Waals surface area contributed by atoms with E-state index in [0.717, 1.165) is 48.1 Å². The Morgan fingerprint density at radius 1 is 1.20 bits per heavy atom. The Morgan fingerprint density at radius 2 is 1.97 bits per heavy atom. The number of carbonyl (C=O) groups excluding carboxylic acids is 1. The first kappa shape index (κ1) is 20.2. The lowest BCUT2D eigenvalue weighted by atomic mass is 9.97. The minimum absolute atomic E-state index is 0.0332. The van der Waals surface area contributed by atoms with Crippen molar-refractivity contribution in [2.45, 2.75) is 18.8 Å². The van der Waals surface area contributed by atoms with Gasteiger partial charge in [-0.05, 0) is 48.7 Å². The highest BCUT2D eigenvalue weighted by atomic mass is 32.2. The van der Waals surface area contributed by atoms with Crippen molar-refractivity contribution in [3.63, 3.8) is 0 Å². The van der Waals surface area contributed by atoms with E-state index in [2.05, 4.69) is 9.71 Å². The number of benzene rings is 2. The normalized spacial score (nSPS) is 17.5. The van der Waals surface area contributed by atoms with Gasteiger partial charge in [0.1, 0.15) is 5.82 Å². The highest BCUT2D eigenvalue weighted by Crippen LogP contribution is 2.27. The van der Waals surface area contributed by atoms with Gasteiger partial charge in [-0.25, -0.2) is 13.4 Å². The van der Waals surface area contributed by atoms with Crippen LogP contribution in [0.25, 0.3) is 17.1 Å². The van der Waals surface area contributed by atoms with Crippen molar-refractivity contribution in [3.05, 3.63) is 66.0 Å². The molecular formula is C22H24N4O3S. The van der Waals surface area contributed by atoms with E-state index in [4.69, 9.17) is 4.98 Å². The van der Waals surface area contributed by atoms with E-state index in [-0.39, 0.29) is 11.8 Å². The number of H-pyrrole nitrogens is 1. The van der Waals surface area contributed by atoms with Crippen LogP contribution in [0.3, 0.4) is 0 Å². The number of carbonyl (C=O) groups is 1. The highest BCUT2D eigenvalue weighted by Gasteiger charge is 2.25. The summed E-state index contributed by atoms with van der Waals surface area (Å²) in [6.07, 6.45) is 6.36. The van der Waals surface area contributed by atoms with Crippen LogP contribution >= 0.6 is 0 Å². The van der Waals surface area contributed by atoms with Crippen molar-refractivity contribution in [2.75, 3.05) is 24.1 Å². The molecule has 0 spiro atoms. The summed E-state index contributed by atoms with van der Waals surface area (Å²) in [5.74, 6) is 1.10. The number of amides is 1. The predicted molar refractivity (Wildman–Crippen MR) is 119 cm³/mol. The molecule has 1 atom stereocenters. The van der Waals surface area contributed by atoms with Gasteiger partial charge in [0.05, 0.1) is 17.3 Å². The van der Waals surface area contributed by atoms with Crippen molar-refractivity contribution in [1.82, 2.24) is 14.9 Å². The fourth-order valence-corrected chi connectivity index (χ4v) is 4.28. The Balaban J connectivity index is 1.40. The number of nitrogens with one attached hydrogen (secondary N) is 2. The standard InChI is InChI=1S/C22H24N4O3S/c1-30(28,29)25-18-11-8-16(9-12-18)10-13-21(27)26-14-4-5-17(15-26)22-23-19-6-2-3-7-20(19)24-22/h2-3,6-13,17,25H,4-5,14-15H2,1H3,(H,23,24)/b13-10+. The first-order valence-electron chi connectivity index (χ1n) is 9.87. The summed E-state index contributed by atoms with van der Waals surface area (Å²) in [6, 6.07) is 14.8. The van der Waals surface area contributed by atoms with Crippen molar-refractivity contribution in [2.24, 2.45) is 0 Å². The minimum Gasteiger partial charge on any atom is -0.342 e. The zero-order valence-electron chi connectivity index (χ0n) is 16.7. The second kappa shape index (κ2) is 8.31. The Labute approximate surface area is 175 Å². The summed E-state index contributed by atoms with van der Waals surface area (Å²) < 4.78 is 25.0. The summed E-state index contributed by atoms with van der Waals surface area (Å²) >= 11 is 0. The molecule has 1 aliphatic rings. The quantitative estimate of drug-likeness (QED) is 0.614. The summed E-state index contributed by atoms with van der Waals surface area (Å²) in [5, 5.41) is 0. The first-order valence-corrected chi connectivity index (χ1v) is 11.8. The molecule has 1 saturated heterocycles. The van der Waals surface area contributed by atoms with Gasteiger partial charge in [-0.1, -0.05) is 24.3 Å². The van der Waals surface area contributed by atoms with Crippen LogP contribution in [-0.2, 0) is 14.8 Å². The Bertz CT molecular complexity index is 1150. The zero-order valence-corrected chi connectivity index (χ0v) is 17.5. The second-order valence-electron chi connectivity index (χ2n) is 7.59. The molecule has 1 amide bonds. The van der Waals surface area contributed by atoms with E-state index in [0.29, 0.717) is 12.2 Å². The van der Waals surface area contributed by atoms with Crippen LogP contribution < -0.4 is 4.72 Å². The molecule has 0 bridgehead atoms. The average Bonchev–Trinajstić information content (AvgIpc) is 3.16. The molecule has 7 nitrogen and oxygen atoms in total. The molecule has 1 unspecified atom stereocenters. The fraction of sp³-hybridized carbons (Fsp3) is 0.273. The van der Waals surface area contributed by atoms with Gasteiger partial charge in [0, 0.05) is 30.8 Å². The maximum atomic E-state index is 12.7. The molecule has 0 saturated carbocycles. The van der Waals surface area contributed by atoms with E-state index in [1.165, 1.54) is 0 Å². The molecule has 0 aliphatic carbocycles. The van der Waals surface area contributed by atoms with Crippen molar-refractivity contribution >= 4 is 38.7 Å². The molecule has 2 aromatic carbocycles. The van der Waals surface area contributed by atoms with Crippen molar-refractivity contribution in [1.29, 1.82) is 0 Å². The average molecular weight is 425 g/mol. The number of anilines is 1. The number of imidazole rings is 1. The molecule has 30 heavy (non-hydrogen) atoms. The van der Waals surface area contributed by atoms with E-state index in [9.17, 15) is 13.2 Å². The van der Waals surface area contributed by atoms with Gasteiger partial charge in [-0.2, -0.15) is 0 Å². The molecule has 3 aromatic rings. The molecule has 1 aliphatic heterocycles. The van der Waals surface area contributed by atoms with E-state index in [1.54, 1.807) is 36.4 Å². The zero-order chi connectivity index (χ0) is 21.1. The number of hydrogen-bond donors (Lipinski definition) is 2. The van der Waals surface area contributed by atoms with Crippen LogP contribution in [-0.4, -0.2) is 48.5 Å². The van der Waals surface area contributed by atoms with Crippen molar-refractivity contribution in [3.8, 4) is 0 Å². The topological polar surface area (TPSA) is 95.2 Å². The molecule has 1 fully saturated rings. The number of para-hydroxylation sites is 2. The number of likely N-dealkylation sites (tertiary alicyclic amines) is 1. The number of aromatic amines is 1. The minimum atomic E-state index is -3.30. The van der Waals surface area contributed by atoms with E-state index in [1.807, 2.05) is 29.2 Å². The van der Waals surface area contributed by atoms with Crippen LogP contribution in [0.15, 0.2) is 54.6 Å². The number of piperidine rings is 1. The number of sulfonamides is 1. The summed E-state index contributed by atoms with van der Waals surface area (Å²) in [4.78, 5) is 22.6. The predicted octanol–water partition coefficient (Wildman–Crippen LogP) is 3.35. The van der Waals surface area contributed by atoms with Crippen molar-refractivity contribution < 1.29 is 13.2 Å². The van der Waals surface area contributed by atoms with Gasteiger partial charge < -0.3 is 9.88 Å². The Morgan fingerprint density at radius 3 is 2.70 bits per heavy atom. The Kier molecular flexibility index (Phi) is 5.59. The molecule has 1 aromatic heterocycles. The van der Waals surface area contributed by atoms with Crippen LogP contribution in [0, 0.1) is 0 Å². The van der Waals surface area contributed by atoms with Crippen LogP contribution in [0.1, 0.15) is 30.1 Å². The van der Waals surface area contributed by atoms with E-state index < -0.39 is 10.0 Å². The lowest BCUT2D eigenvalue weighted by molar-refractivity contribution is -0.127. The third-order valence-corrected chi connectivity index (χ3v) is 5.77. The lowest BCUT2D eigenvalue weighted by Gasteiger charge is -2.31. The molecule has 2 heterocycles. The number of hydrogen-bond acceptors (Lipinski definition) is 4. The lowest BCUT2D eigenvalue weighted by Crippen LogP contribution is -2.38. The molecule has 4 rings (SSSR count). The molecule has 2 N–H and O–H groups in total. The summed E-state index contributed by atoms with van der Waals surface area (Å²) in [5.41, 5.74) is 3.29. The number of fused-ring (bicyclic) bond motifs is 1.